The van der Waals surface area contributed by atoms with E-state index in [0.717, 1.165) is 0 Å². The van der Waals surface area contributed by atoms with E-state index in [1.165, 1.54) is 6.07 Å². The van der Waals surface area contributed by atoms with E-state index in [1.807, 2.05) is 0 Å². The number of halogens is 1. The van der Waals surface area contributed by atoms with Gasteiger partial charge in [-0.3, -0.25) is 4.79 Å². The molecule has 0 amide bonds. The molecule has 0 saturated heterocycles. The van der Waals surface area contributed by atoms with E-state index in [-0.39, 0.29) is 17.9 Å². The molecule has 1 aromatic carbocycles. The molecule has 0 radical (unpaired) electrons. The Balaban J connectivity index is 2.90. The Labute approximate surface area is 98.1 Å². The van der Waals surface area contributed by atoms with Crippen LogP contribution in [0.3, 0.4) is 0 Å². The first kappa shape index (κ1) is 12.6. The van der Waals surface area contributed by atoms with Crippen molar-refractivity contribution in [3.8, 4) is 11.5 Å². The topological polar surface area (TPSA) is 77.8 Å². The van der Waals surface area contributed by atoms with Gasteiger partial charge in [0.2, 0.25) is 0 Å². The molecule has 0 aliphatic carbocycles. The second-order valence-corrected chi connectivity index (χ2v) is 3.98. The molecule has 0 unspecified atom stereocenters. The average Bonchev–Trinajstić information content (AvgIpc) is 2.20. The first-order valence-corrected chi connectivity index (χ1v) is 5.23. The number of phenols is 2. The summed E-state index contributed by atoms with van der Waals surface area (Å²) in [5, 5.41) is 27.8. The number of phenolic OH excluding ortho intramolecular Hbond substituents is 2. The van der Waals surface area contributed by atoms with E-state index >= 15 is 0 Å². The fourth-order valence-corrected chi connectivity index (χ4v) is 1.71. The van der Waals surface area contributed by atoms with Crippen molar-refractivity contribution in [1.82, 2.24) is 0 Å². The lowest BCUT2D eigenvalue weighted by Gasteiger charge is -2.11. The number of carboxylic acid groups (broad SMARTS) is 1. The maximum absolute atomic E-state index is 10.4. The maximum Gasteiger partial charge on any atom is 0.303 e. The van der Waals surface area contributed by atoms with Crippen LogP contribution in [0, 0.1) is 6.92 Å². The highest BCUT2D eigenvalue weighted by molar-refractivity contribution is 6.31. The number of hydrogen-bond acceptors (Lipinski definition) is 3. The molecule has 0 atom stereocenters. The highest BCUT2D eigenvalue weighted by atomic mass is 35.5. The number of rotatable bonds is 4. The fourth-order valence-electron chi connectivity index (χ4n) is 1.50. The van der Waals surface area contributed by atoms with E-state index in [1.54, 1.807) is 6.92 Å². The monoisotopic (exact) mass is 244 g/mol. The molecule has 0 aliphatic rings. The Bertz CT molecular complexity index is 389. The van der Waals surface area contributed by atoms with Crippen molar-refractivity contribution in [3.05, 3.63) is 22.2 Å². The molecule has 0 spiro atoms. The minimum Gasteiger partial charge on any atom is -0.504 e. The van der Waals surface area contributed by atoms with Crippen molar-refractivity contribution >= 4 is 17.6 Å². The number of aliphatic carboxylic acids is 1. The molecule has 0 fully saturated rings. The van der Waals surface area contributed by atoms with Gasteiger partial charge in [-0.05, 0) is 25.3 Å². The van der Waals surface area contributed by atoms with Crippen molar-refractivity contribution in [2.75, 3.05) is 0 Å². The third-order valence-electron chi connectivity index (χ3n) is 2.42. The van der Waals surface area contributed by atoms with Gasteiger partial charge in [0, 0.05) is 23.1 Å². The SMILES string of the molecule is Cc1c(Cl)cc(O)c(O)c1CCCC(=O)O. The predicted molar refractivity (Wildman–Crippen MR) is 60.1 cm³/mol. The van der Waals surface area contributed by atoms with Crippen LogP contribution in [-0.2, 0) is 11.2 Å². The Morgan fingerprint density at radius 2 is 2.06 bits per heavy atom. The largest absolute Gasteiger partial charge is 0.504 e. The zero-order valence-electron chi connectivity index (χ0n) is 8.83. The second kappa shape index (κ2) is 5.07. The van der Waals surface area contributed by atoms with E-state index in [4.69, 9.17) is 16.7 Å². The number of benzene rings is 1. The van der Waals surface area contributed by atoms with Gasteiger partial charge in [-0.15, -0.1) is 0 Å². The first-order chi connectivity index (χ1) is 7.43. The van der Waals surface area contributed by atoms with Crippen LogP contribution in [0.2, 0.25) is 5.02 Å². The summed E-state index contributed by atoms with van der Waals surface area (Å²) < 4.78 is 0. The highest BCUT2D eigenvalue weighted by Gasteiger charge is 2.13. The van der Waals surface area contributed by atoms with Gasteiger partial charge in [-0.1, -0.05) is 11.6 Å². The minimum atomic E-state index is -0.886. The van der Waals surface area contributed by atoms with Gasteiger partial charge in [-0.25, -0.2) is 0 Å². The number of carboxylic acids is 1. The zero-order valence-corrected chi connectivity index (χ0v) is 9.58. The minimum absolute atomic E-state index is 0.0200. The summed E-state index contributed by atoms with van der Waals surface area (Å²) in [6.07, 6.45) is 0.785. The van der Waals surface area contributed by atoms with Crippen LogP contribution >= 0.6 is 11.6 Å². The van der Waals surface area contributed by atoms with E-state index in [0.29, 0.717) is 29.0 Å². The van der Waals surface area contributed by atoms with Crippen LogP contribution in [0.15, 0.2) is 6.07 Å². The van der Waals surface area contributed by atoms with Crippen molar-refractivity contribution in [2.24, 2.45) is 0 Å². The molecular formula is C11H13ClO4. The van der Waals surface area contributed by atoms with E-state index in [2.05, 4.69) is 0 Å². The lowest BCUT2D eigenvalue weighted by molar-refractivity contribution is -0.137. The van der Waals surface area contributed by atoms with E-state index < -0.39 is 5.97 Å². The molecule has 16 heavy (non-hydrogen) atoms. The molecule has 0 heterocycles. The molecule has 5 heteroatoms. The second-order valence-electron chi connectivity index (χ2n) is 3.58. The van der Waals surface area contributed by atoms with Gasteiger partial charge in [0.25, 0.3) is 0 Å². The normalized spacial score (nSPS) is 10.4. The first-order valence-electron chi connectivity index (χ1n) is 4.85. The van der Waals surface area contributed by atoms with Gasteiger partial charge in [-0.2, -0.15) is 0 Å². The standard InChI is InChI=1S/C11H13ClO4/c1-6-7(3-2-4-10(14)15)11(16)9(13)5-8(6)12/h5,13,16H,2-4H2,1H3,(H,14,15). The summed E-state index contributed by atoms with van der Waals surface area (Å²) in [5.74, 6) is -1.38. The molecule has 0 bridgehead atoms. The van der Waals surface area contributed by atoms with Gasteiger partial charge >= 0.3 is 5.97 Å². The highest BCUT2D eigenvalue weighted by Crippen LogP contribution is 2.36. The summed E-state index contributed by atoms with van der Waals surface area (Å²) in [5.41, 5.74) is 1.17. The van der Waals surface area contributed by atoms with Crippen LogP contribution in [0.1, 0.15) is 24.0 Å². The van der Waals surface area contributed by atoms with Crippen molar-refractivity contribution in [2.45, 2.75) is 26.2 Å². The predicted octanol–water partition coefficient (Wildman–Crippen LogP) is 2.47. The van der Waals surface area contributed by atoms with Gasteiger partial charge in [0.05, 0.1) is 0 Å². The third-order valence-corrected chi connectivity index (χ3v) is 2.81. The molecule has 3 N–H and O–H groups in total. The van der Waals surface area contributed by atoms with Gasteiger partial charge in [0.1, 0.15) is 0 Å². The summed E-state index contributed by atoms with van der Waals surface area (Å²) in [6, 6.07) is 1.27. The van der Waals surface area contributed by atoms with Gasteiger partial charge < -0.3 is 15.3 Å². The summed E-state index contributed by atoms with van der Waals surface area (Å²) in [7, 11) is 0. The quantitative estimate of drug-likeness (QED) is 0.711. The third kappa shape index (κ3) is 2.79. The lowest BCUT2D eigenvalue weighted by Crippen LogP contribution is -1.98. The molecule has 0 aromatic heterocycles. The molecule has 0 aliphatic heterocycles. The molecule has 1 rings (SSSR count). The Morgan fingerprint density at radius 3 is 2.62 bits per heavy atom. The van der Waals surface area contributed by atoms with Crippen LogP contribution < -0.4 is 0 Å². The van der Waals surface area contributed by atoms with Gasteiger partial charge in [0.15, 0.2) is 11.5 Å². The van der Waals surface area contributed by atoms with Crippen molar-refractivity contribution in [1.29, 1.82) is 0 Å². The van der Waals surface area contributed by atoms with Crippen LogP contribution in [0.5, 0.6) is 11.5 Å². The van der Waals surface area contributed by atoms with Crippen LogP contribution in [0.4, 0.5) is 0 Å². The smallest absolute Gasteiger partial charge is 0.303 e. The Hall–Kier alpha value is -1.42. The fraction of sp³-hybridized carbons (Fsp3) is 0.364. The maximum atomic E-state index is 10.4. The van der Waals surface area contributed by atoms with Crippen LogP contribution in [-0.4, -0.2) is 21.3 Å². The van der Waals surface area contributed by atoms with E-state index in [9.17, 15) is 15.0 Å². The summed E-state index contributed by atoms with van der Waals surface area (Å²) in [6.45, 7) is 1.72. The summed E-state index contributed by atoms with van der Waals surface area (Å²) in [4.78, 5) is 10.4. The van der Waals surface area contributed by atoms with Crippen molar-refractivity contribution < 1.29 is 20.1 Å². The number of carbonyl (C=O) groups is 1. The lowest BCUT2D eigenvalue weighted by atomic mass is 10.0. The zero-order chi connectivity index (χ0) is 12.3. The van der Waals surface area contributed by atoms with Crippen LogP contribution in [0.25, 0.3) is 0 Å². The molecule has 4 nitrogen and oxygen atoms in total. The Kier molecular flexibility index (Phi) is 4.01. The summed E-state index contributed by atoms with van der Waals surface area (Å²) >= 11 is 5.85. The van der Waals surface area contributed by atoms with Crippen molar-refractivity contribution in [3.63, 3.8) is 0 Å². The molecule has 1 aromatic rings. The molecule has 88 valence electrons. The average molecular weight is 245 g/mol. The molecule has 0 saturated carbocycles. The molecular weight excluding hydrogens is 232 g/mol. The number of hydrogen-bond donors (Lipinski definition) is 3. The number of aromatic hydroxyl groups is 2. The Morgan fingerprint density at radius 1 is 1.44 bits per heavy atom.